The molecular weight excluding hydrogens is 256 g/mol. The number of amides is 2. The van der Waals surface area contributed by atoms with E-state index in [-0.39, 0.29) is 6.03 Å². The number of aromatic nitrogens is 2. The van der Waals surface area contributed by atoms with E-state index in [9.17, 15) is 4.79 Å². The highest BCUT2D eigenvalue weighted by Crippen LogP contribution is 2.19. The lowest BCUT2D eigenvalue weighted by molar-refractivity contribution is 0.218. The van der Waals surface area contributed by atoms with Crippen molar-refractivity contribution in [1.29, 1.82) is 0 Å². The Labute approximate surface area is 120 Å². The van der Waals surface area contributed by atoms with Gasteiger partial charge in [-0.2, -0.15) is 0 Å². The van der Waals surface area contributed by atoms with Gasteiger partial charge in [0.05, 0.1) is 0 Å². The summed E-state index contributed by atoms with van der Waals surface area (Å²) in [5, 5.41) is 9.25. The summed E-state index contributed by atoms with van der Waals surface area (Å²) in [5.74, 6) is 1.68. The molecule has 0 aromatic carbocycles. The molecule has 0 aliphatic heterocycles. The summed E-state index contributed by atoms with van der Waals surface area (Å²) in [7, 11) is 3.43. The molecule has 1 aromatic rings. The van der Waals surface area contributed by atoms with Crippen LogP contribution in [-0.4, -0.2) is 54.6 Å². The highest BCUT2D eigenvalue weighted by molar-refractivity contribution is 5.73. The third-order valence-corrected chi connectivity index (χ3v) is 2.74. The number of anilines is 2. The molecule has 0 fully saturated rings. The Kier molecular flexibility index (Phi) is 6.55. The van der Waals surface area contributed by atoms with Crippen LogP contribution in [0.3, 0.4) is 0 Å². The van der Waals surface area contributed by atoms with Gasteiger partial charge in [0.2, 0.25) is 0 Å². The van der Waals surface area contributed by atoms with Crippen molar-refractivity contribution in [3.05, 3.63) is 11.9 Å². The monoisotopic (exact) mass is 280 g/mol. The van der Waals surface area contributed by atoms with Crippen molar-refractivity contribution in [2.24, 2.45) is 0 Å². The van der Waals surface area contributed by atoms with Crippen LogP contribution in [0.2, 0.25) is 0 Å². The van der Waals surface area contributed by atoms with Crippen LogP contribution < -0.4 is 16.0 Å². The summed E-state index contributed by atoms with van der Waals surface area (Å²) in [6, 6.07) is -0.0986. The summed E-state index contributed by atoms with van der Waals surface area (Å²) in [6.07, 6.45) is 2.38. The van der Waals surface area contributed by atoms with Gasteiger partial charge in [-0.05, 0) is 13.3 Å². The summed E-state index contributed by atoms with van der Waals surface area (Å²) in [5.41, 5.74) is 1.06. The lowest BCUT2D eigenvalue weighted by Gasteiger charge is -2.15. The molecule has 1 aromatic heterocycles. The fraction of sp³-hybridized carbons (Fsp3) is 0.615. The largest absolute Gasteiger partial charge is 0.370 e. The Bertz CT molecular complexity index is 435. The normalized spacial score (nSPS) is 10.0. The van der Waals surface area contributed by atoms with Crippen LogP contribution in [0.25, 0.3) is 0 Å². The predicted molar refractivity (Wildman–Crippen MR) is 81.1 cm³/mol. The lowest BCUT2D eigenvalue weighted by atomic mass is 10.2. The van der Waals surface area contributed by atoms with E-state index in [0.717, 1.165) is 30.2 Å². The maximum Gasteiger partial charge on any atom is 0.316 e. The maximum absolute atomic E-state index is 11.4. The first-order valence-corrected chi connectivity index (χ1v) is 6.86. The van der Waals surface area contributed by atoms with Gasteiger partial charge in [0, 0.05) is 39.3 Å². The first kappa shape index (κ1) is 16.0. The smallest absolute Gasteiger partial charge is 0.316 e. The fourth-order valence-corrected chi connectivity index (χ4v) is 1.73. The summed E-state index contributed by atoms with van der Waals surface area (Å²) in [4.78, 5) is 21.4. The Morgan fingerprint density at radius 2 is 1.80 bits per heavy atom. The Morgan fingerprint density at radius 1 is 1.15 bits per heavy atom. The molecule has 0 aliphatic rings. The number of rotatable bonds is 7. The number of hydrogen-bond donors (Lipinski definition) is 3. The van der Waals surface area contributed by atoms with Crippen LogP contribution in [0.5, 0.6) is 0 Å². The first-order chi connectivity index (χ1) is 9.60. The van der Waals surface area contributed by atoms with E-state index in [0.29, 0.717) is 13.1 Å². The third kappa shape index (κ3) is 4.56. The van der Waals surface area contributed by atoms with E-state index >= 15 is 0 Å². The van der Waals surface area contributed by atoms with E-state index in [4.69, 9.17) is 0 Å². The standard InChI is InChI=1S/C13H24N6O/c1-5-10-11(14-6-2)17-9-18-12(10)15-7-8-16-13(20)19(3)4/h9H,5-8H2,1-4H3,(H,16,20)(H2,14,15,17,18). The average molecular weight is 280 g/mol. The molecule has 0 aliphatic carbocycles. The molecule has 7 nitrogen and oxygen atoms in total. The first-order valence-electron chi connectivity index (χ1n) is 6.86. The van der Waals surface area contributed by atoms with E-state index in [2.05, 4.69) is 32.8 Å². The zero-order chi connectivity index (χ0) is 15.0. The van der Waals surface area contributed by atoms with E-state index in [1.807, 2.05) is 6.92 Å². The molecule has 0 atom stereocenters. The minimum atomic E-state index is -0.0986. The Morgan fingerprint density at radius 3 is 2.35 bits per heavy atom. The summed E-state index contributed by atoms with van der Waals surface area (Å²) < 4.78 is 0. The van der Waals surface area contributed by atoms with E-state index < -0.39 is 0 Å². The van der Waals surface area contributed by atoms with Crippen LogP contribution in [0.15, 0.2) is 6.33 Å². The van der Waals surface area contributed by atoms with Crippen LogP contribution in [0.4, 0.5) is 16.4 Å². The van der Waals surface area contributed by atoms with Gasteiger partial charge >= 0.3 is 6.03 Å². The highest BCUT2D eigenvalue weighted by Gasteiger charge is 2.08. The van der Waals surface area contributed by atoms with Gasteiger partial charge < -0.3 is 20.9 Å². The van der Waals surface area contributed by atoms with E-state index in [1.54, 1.807) is 14.1 Å². The molecular formula is C13H24N6O. The third-order valence-electron chi connectivity index (χ3n) is 2.74. The predicted octanol–water partition coefficient (Wildman–Crippen LogP) is 1.15. The van der Waals surface area contributed by atoms with Crippen molar-refractivity contribution in [3.8, 4) is 0 Å². The van der Waals surface area contributed by atoms with E-state index in [1.165, 1.54) is 11.2 Å². The number of urea groups is 1. The fourth-order valence-electron chi connectivity index (χ4n) is 1.73. The summed E-state index contributed by atoms with van der Waals surface area (Å²) in [6.45, 7) is 6.09. The molecule has 112 valence electrons. The molecule has 1 heterocycles. The Hall–Kier alpha value is -2.05. The van der Waals surface area contributed by atoms with Crippen LogP contribution in [-0.2, 0) is 6.42 Å². The van der Waals surface area contributed by atoms with Crippen molar-refractivity contribution >= 4 is 17.7 Å². The van der Waals surface area contributed by atoms with Crippen molar-refractivity contribution in [2.75, 3.05) is 44.4 Å². The quantitative estimate of drug-likeness (QED) is 0.653. The molecule has 0 unspecified atom stereocenters. The van der Waals surface area contributed by atoms with Crippen LogP contribution >= 0.6 is 0 Å². The summed E-state index contributed by atoms with van der Waals surface area (Å²) >= 11 is 0. The topological polar surface area (TPSA) is 82.2 Å². The molecule has 0 bridgehead atoms. The zero-order valence-electron chi connectivity index (χ0n) is 12.7. The minimum absolute atomic E-state index is 0.0986. The second-order valence-corrected chi connectivity index (χ2v) is 4.49. The van der Waals surface area contributed by atoms with Gasteiger partial charge in [0.15, 0.2) is 0 Å². The second kappa shape index (κ2) is 8.19. The van der Waals surface area contributed by atoms with Gasteiger partial charge in [-0.25, -0.2) is 14.8 Å². The maximum atomic E-state index is 11.4. The number of nitrogens with one attached hydrogen (secondary N) is 3. The van der Waals surface area contributed by atoms with Gasteiger partial charge in [-0.1, -0.05) is 6.92 Å². The van der Waals surface area contributed by atoms with Crippen molar-refractivity contribution in [3.63, 3.8) is 0 Å². The molecule has 2 amide bonds. The van der Waals surface area contributed by atoms with Gasteiger partial charge in [-0.15, -0.1) is 0 Å². The highest BCUT2D eigenvalue weighted by atomic mass is 16.2. The number of nitrogens with zero attached hydrogens (tertiary/aromatic N) is 3. The molecule has 0 radical (unpaired) electrons. The van der Waals surface area contributed by atoms with Crippen molar-refractivity contribution in [2.45, 2.75) is 20.3 Å². The molecule has 20 heavy (non-hydrogen) atoms. The number of hydrogen-bond acceptors (Lipinski definition) is 5. The second-order valence-electron chi connectivity index (χ2n) is 4.49. The van der Waals surface area contributed by atoms with Gasteiger partial charge in [-0.3, -0.25) is 0 Å². The Balaban J connectivity index is 2.55. The van der Waals surface area contributed by atoms with Crippen molar-refractivity contribution < 1.29 is 4.79 Å². The lowest BCUT2D eigenvalue weighted by Crippen LogP contribution is -2.37. The number of carbonyl (C=O) groups is 1. The molecule has 0 saturated carbocycles. The molecule has 1 rings (SSSR count). The number of carbonyl (C=O) groups excluding carboxylic acids is 1. The molecule has 0 spiro atoms. The van der Waals surface area contributed by atoms with Crippen LogP contribution in [0.1, 0.15) is 19.4 Å². The zero-order valence-corrected chi connectivity index (χ0v) is 12.7. The van der Waals surface area contributed by atoms with Gasteiger partial charge in [0.1, 0.15) is 18.0 Å². The minimum Gasteiger partial charge on any atom is -0.370 e. The SMILES string of the molecule is CCNc1ncnc(NCCNC(=O)N(C)C)c1CC. The van der Waals surface area contributed by atoms with Gasteiger partial charge in [0.25, 0.3) is 0 Å². The molecule has 7 heteroatoms. The van der Waals surface area contributed by atoms with Crippen molar-refractivity contribution in [1.82, 2.24) is 20.2 Å². The van der Waals surface area contributed by atoms with Crippen LogP contribution in [0, 0.1) is 0 Å². The average Bonchev–Trinajstić information content (AvgIpc) is 2.43. The molecule has 3 N–H and O–H groups in total. The molecule has 0 saturated heterocycles.